The molecule has 1 atom stereocenters. The van der Waals surface area contributed by atoms with Gasteiger partial charge in [-0.2, -0.15) is 0 Å². The zero-order valence-electron chi connectivity index (χ0n) is 8.13. The lowest BCUT2D eigenvalue weighted by Crippen LogP contribution is -1.92. The van der Waals surface area contributed by atoms with Gasteiger partial charge in [-0.3, -0.25) is 4.79 Å². The first-order valence-corrected chi connectivity index (χ1v) is 4.88. The van der Waals surface area contributed by atoms with Crippen LogP contribution < -0.4 is 0 Å². The molecule has 0 spiro atoms. The molecule has 68 valence electrons. The van der Waals surface area contributed by atoms with Gasteiger partial charge < -0.3 is 0 Å². The summed E-state index contributed by atoms with van der Waals surface area (Å²) < 4.78 is 0. The van der Waals surface area contributed by atoms with Gasteiger partial charge in [0.05, 0.1) is 0 Å². The van der Waals surface area contributed by atoms with Gasteiger partial charge in [0, 0.05) is 12.0 Å². The summed E-state index contributed by atoms with van der Waals surface area (Å²) in [6, 6.07) is 6.30. The highest BCUT2D eigenvalue weighted by atomic mass is 16.1. The third-order valence-electron chi connectivity index (χ3n) is 2.85. The van der Waals surface area contributed by atoms with Crippen molar-refractivity contribution in [1.82, 2.24) is 0 Å². The van der Waals surface area contributed by atoms with Crippen LogP contribution in [0.5, 0.6) is 0 Å². The molecule has 0 amide bonds. The van der Waals surface area contributed by atoms with Gasteiger partial charge in [-0.1, -0.05) is 26.0 Å². The number of hydrogen-bond acceptors (Lipinski definition) is 1. The van der Waals surface area contributed by atoms with Crippen LogP contribution >= 0.6 is 0 Å². The predicted octanol–water partition coefficient (Wildman–Crippen LogP) is 2.94. The fourth-order valence-corrected chi connectivity index (χ4v) is 1.99. The summed E-state index contributed by atoms with van der Waals surface area (Å²) >= 11 is 0. The average Bonchev–Trinajstić information content (AvgIpc) is 2.42. The Kier molecular flexibility index (Phi) is 1.95. The molecule has 0 saturated heterocycles. The monoisotopic (exact) mass is 174 g/mol. The lowest BCUT2D eigenvalue weighted by atomic mass is 10.0. The van der Waals surface area contributed by atoms with E-state index in [0.717, 1.165) is 12.0 Å². The van der Waals surface area contributed by atoms with Gasteiger partial charge in [-0.15, -0.1) is 0 Å². The number of aryl methyl sites for hydroxylation is 1. The number of fused-ring (bicyclic) bond motifs is 1. The van der Waals surface area contributed by atoms with Crippen LogP contribution in [0.15, 0.2) is 18.2 Å². The van der Waals surface area contributed by atoms with Crippen LogP contribution in [-0.4, -0.2) is 5.78 Å². The maximum absolute atomic E-state index is 11.5. The van der Waals surface area contributed by atoms with Crippen molar-refractivity contribution in [1.29, 1.82) is 0 Å². The van der Waals surface area contributed by atoms with Gasteiger partial charge in [0.25, 0.3) is 0 Å². The second kappa shape index (κ2) is 2.99. The molecule has 2 rings (SSSR count). The van der Waals surface area contributed by atoms with E-state index in [0.29, 0.717) is 18.1 Å². The highest BCUT2D eigenvalue weighted by Crippen LogP contribution is 2.32. The average molecular weight is 174 g/mol. The molecule has 0 fully saturated rings. The summed E-state index contributed by atoms with van der Waals surface area (Å²) in [4.78, 5) is 11.5. The van der Waals surface area contributed by atoms with Crippen molar-refractivity contribution >= 4 is 5.78 Å². The van der Waals surface area contributed by atoms with Crippen molar-refractivity contribution in [3.63, 3.8) is 0 Å². The van der Waals surface area contributed by atoms with Crippen molar-refractivity contribution in [2.75, 3.05) is 0 Å². The van der Waals surface area contributed by atoms with E-state index in [4.69, 9.17) is 0 Å². The molecule has 1 aliphatic carbocycles. The Morgan fingerprint density at radius 3 is 2.92 bits per heavy atom. The minimum absolute atomic E-state index is 0.317. The lowest BCUT2D eigenvalue weighted by molar-refractivity contribution is 0.0990. The van der Waals surface area contributed by atoms with Gasteiger partial charge in [-0.05, 0) is 29.5 Å². The van der Waals surface area contributed by atoms with E-state index in [1.807, 2.05) is 0 Å². The summed E-state index contributed by atoms with van der Waals surface area (Å²) in [5, 5.41) is 0. The van der Waals surface area contributed by atoms with Crippen LogP contribution in [0.25, 0.3) is 0 Å². The molecule has 1 aromatic carbocycles. The number of carbonyl (C=O) groups excluding carboxylic acids is 1. The second-order valence-electron chi connectivity index (χ2n) is 3.80. The number of ketones is 1. The molecule has 0 radical (unpaired) electrons. The lowest BCUT2D eigenvalue weighted by Gasteiger charge is -2.03. The van der Waals surface area contributed by atoms with E-state index in [1.165, 1.54) is 11.1 Å². The normalized spacial score (nSPS) is 20.5. The Morgan fingerprint density at radius 2 is 2.23 bits per heavy atom. The van der Waals surface area contributed by atoms with E-state index in [2.05, 4.69) is 32.0 Å². The zero-order valence-corrected chi connectivity index (χ0v) is 8.13. The Labute approximate surface area is 78.8 Å². The van der Waals surface area contributed by atoms with E-state index < -0.39 is 0 Å². The van der Waals surface area contributed by atoms with Gasteiger partial charge >= 0.3 is 0 Å². The molecule has 1 aromatic rings. The van der Waals surface area contributed by atoms with E-state index in [1.54, 1.807) is 0 Å². The summed E-state index contributed by atoms with van der Waals surface area (Å²) in [5.74, 6) is 0.742. The molecule has 1 nitrogen and oxygen atoms in total. The Hall–Kier alpha value is -1.11. The Bertz CT molecular complexity index is 352. The molecule has 0 heterocycles. The Morgan fingerprint density at radius 1 is 1.46 bits per heavy atom. The van der Waals surface area contributed by atoms with Crippen LogP contribution in [0.3, 0.4) is 0 Å². The van der Waals surface area contributed by atoms with Crippen LogP contribution in [0, 0.1) is 0 Å². The maximum atomic E-state index is 11.5. The predicted molar refractivity (Wildman–Crippen MR) is 53.2 cm³/mol. The molecular formula is C12H14O. The largest absolute Gasteiger partial charge is 0.294 e. The van der Waals surface area contributed by atoms with Crippen molar-refractivity contribution in [3.05, 3.63) is 34.9 Å². The topological polar surface area (TPSA) is 17.1 Å². The van der Waals surface area contributed by atoms with Crippen LogP contribution in [0.1, 0.15) is 47.7 Å². The number of hydrogen-bond donors (Lipinski definition) is 0. The Balaban J connectivity index is 2.52. The fraction of sp³-hybridized carbons (Fsp3) is 0.417. The smallest absolute Gasteiger partial charge is 0.163 e. The number of benzene rings is 1. The van der Waals surface area contributed by atoms with E-state index >= 15 is 0 Å². The molecule has 0 aliphatic heterocycles. The first-order valence-electron chi connectivity index (χ1n) is 4.88. The first kappa shape index (κ1) is 8.49. The molecule has 13 heavy (non-hydrogen) atoms. The van der Waals surface area contributed by atoms with E-state index in [9.17, 15) is 4.79 Å². The summed E-state index contributed by atoms with van der Waals surface area (Å²) in [7, 11) is 0. The second-order valence-corrected chi connectivity index (χ2v) is 3.80. The highest BCUT2D eigenvalue weighted by Gasteiger charge is 2.25. The third kappa shape index (κ3) is 1.28. The molecule has 0 bridgehead atoms. The first-order chi connectivity index (χ1) is 6.22. The van der Waals surface area contributed by atoms with Gasteiger partial charge in [0.2, 0.25) is 0 Å². The zero-order chi connectivity index (χ0) is 9.42. The number of rotatable bonds is 1. The van der Waals surface area contributed by atoms with Crippen LogP contribution in [0.4, 0.5) is 0 Å². The highest BCUT2D eigenvalue weighted by molar-refractivity contribution is 6.01. The van der Waals surface area contributed by atoms with Crippen molar-refractivity contribution in [2.45, 2.75) is 32.6 Å². The van der Waals surface area contributed by atoms with Gasteiger partial charge in [0.1, 0.15) is 0 Å². The minimum Gasteiger partial charge on any atom is -0.294 e. The van der Waals surface area contributed by atoms with Crippen molar-refractivity contribution in [2.24, 2.45) is 0 Å². The third-order valence-corrected chi connectivity index (χ3v) is 2.85. The molecular weight excluding hydrogens is 160 g/mol. The molecule has 0 saturated carbocycles. The molecule has 1 aliphatic rings. The maximum Gasteiger partial charge on any atom is 0.163 e. The van der Waals surface area contributed by atoms with Crippen LogP contribution in [-0.2, 0) is 6.42 Å². The molecule has 1 heteroatoms. The van der Waals surface area contributed by atoms with Crippen LogP contribution in [0.2, 0.25) is 0 Å². The number of Topliss-reactive ketones (excluding diaryl/α,β-unsaturated/α-hetero) is 1. The molecule has 0 unspecified atom stereocenters. The van der Waals surface area contributed by atoms with Crippen molar-refractivity contribution in [3.8, 4) is 0 Å². The van der Waals surface area contributed by atoms with Gasteiger partial charge in [0.15, 0.2) is 5.78 Å². The summed E-state index contributed by atoms with van der Waals surface area (Å²) in [5.41, 5.74) is 3.47. The number of carbonyl (C=O) groups is 1. The van der Waals surface area contributed by atoms with Crippen molar-refractivity contribution < 1.29 is 4.79 Å². The fourth-order valence-electron chi connectivity index (χ4n) is 1.99. The molecule has 0 N–H and O–H groups in total. The minimum atomic E-state index is 0.317. The van der Waals surface area contributed by atoms with Gasteiger partial charge in [-0.25, -0.2) is 0 Å². The van der Waals surface area contributed by atoms with E-state index in [-0.39, 0.29) is 0 Å². The quantitative estimate of drug-likeness (QED) is 0.639. The molecule has 0 aromatic heterocycles. The SMILES string of the molecule is CCc1ccc2c(c1)C(=O)C[C@H]2C. The standard InChI is InChI=1S/C12H14O/c1-3-9-4-5-10-8(2)6-12(13)11(10)7-9/h4-5,7-8H,3,6H2,1-2H3/t8-/m1/s1. The summed E-state index contributed by atoms with van der Waals surface area (Å²) in [6.45, 7) is 4.24. The summed E-state index contributed by atoms with van der Waals surface area (Å²) in [6.07, 6.45) is 1.71.